The molecule has 0 radical (unpaired) electrons. The van der Waals surface area contributed by atoms with E-state index in [1.165, 1.54) is 4.98 Å². The molecule has 0 bridgehead atoms. The summed E-state index contributed by atoms with van der Waals surface area (Å²) in [5, 5.41) is 0. The van der Waals surface area contributed by atoms with Gasteiger partial charge in [0.2, 0.25) is 5.43 Å². The van der Waals surface area contributed by atoms with E-state index in [2.05, 4.69) is 9.47 Å². The van der Waals surface area contributed by atoms with E-state index in [0.29, 0.717) is 7.11 Å². The number of hydrogen-bond acceptors (Lipinski definition) is 5. The van der Waals surface area contributed by atoms with Gasteiger partial charge in [-0.3, -0.25) is 4.79 Å². The average Bonchev–Trinajstić information content (AvgIpc) is 2.43. The van der Waals surface area contributed by atoms with E-state index >= 15 is 0 Å². The molecule has 0 aliphatic carbocycles. The molecule has 0 amide bonds. The molecule has 0 saturated carbocycles. The fourth-order valence-electron chi connectivity index (χ4n) is 1.60. The lowest BCUT2D eigenvalue weighted by molar-refractivity contribution is -0.142. The van der Waals surface area contributed by atoms with Crippen molar-refractivity contribution in [2.45, 2.75) is 12.6 Å². The van der Waals surface area contributed by atoms with Crippen molar-refractivity contribution < 1.29 is 41.0 Å². The van der Waals surface area contributed by atoms with Crippen molar-refractivity contribution in [3.8, 4) is 0 Å². The lowest BCUT2D eigenvalue weighted by Gasteiger charge is -2.15. The molecular formula is C11H8F5NO5. The van der Waals surface area contributed by atoms with Crippen molar-refractivity contribution >= 4 is 11.9 Å². The molecule has 1 N–H and O–H groups in total. The Morgan fingerprint density at radius 1 is 1.05 bits per heavy atom. The molecule has 0 aliphatic heterocycles. The van der Waals surface area contributed by atoms with Crippen LogP contribution in [-0.4, -0.2) is 31.1 Å². The first-order valence-corrected chi connectivity index (χ1v) is 5.38. The second-order valence-corrected chi connectivity index (χ2v) is 3.77. The first-order valence-electron chi connectivity index (χ1n) is 5.38. The third kappa shape index (κ3) is 3.07. The van der Waals surface area contributed by atoms with E-state index in [1.807, 2.05) is 0 Å². The number of halogens is 5. The predicted octanol–water partition coefficient (Wildman–Crippen LogP) is 1.90. The van der Waals surface area contributed by atoms with Crippen LogP contribution in [-0.2, 0) is 15.7 Å². The second kappa shape index (κ2) is 6.12. The molecule has 1 aromatic heterocycles. The molecule has 0 aromatic carbocycles. The van der Waals surface area contributed by atoms with Crippen LogP contribution in [0, 0.1) is 0 Å². The molecule has 0 unspecified atom stereocenters. The first kappa shape index (κ1) is 17.6. The number of alkyl halides is 5. The molecule has 1 heterocycles. The zero-order valence-corrected chi connectivity index (χ0v) is 11.0. The minimum absolute atomic E-state index is 0.681. The smallest absolute Gasteiger partial charge is 0.432 e. The van der Waals surface area contributed by atoms with Crippen LogP contribution < -0.4 is 5.43 Å². The van der Waals surface area contributed by atoms with Crippen molar-refractivity contribution in [2.24, 2.45) is 0 Å². The molecule has 1 rings (SSSR count). The Labute approximate surface area is 118 Å². The highest BCUT2D eigenvalue weighted by Crippen LogP contribution is 2.32. The number of methoxy groups -OCH3 is 2. The third-order valence-electron chi connectivity index (χ3n) is 2.51. The normalized spacial score (nSPS) is 11.5. The van der Waals surface area contributed by atoms with Crippen molar-refractivity contribution in [1.82, 2.24) is 4.98 Å². The van der Waals surface area contributed by atoms with Crippen LogP contribution in [0.2, 0.25) is 0 Å². The molecule has 0 spiro atoms. The van der Waals surface area contributed by atoms with E-state index in [0.717, 1.165) is 7.11 Å². The van der Waals surface area contributed by atoms with Gasteiger partial charge in [0, 0.05) is 0 Å². The third-order valence-corrected chi connectivity index (χ3v) is 2.51. The van der Waals surface area contributed by atoms with Gasteiger partial charge in [0.05, 0.1) is 14.2 Å². The molecule has 0 atom stereocenters. The topological polar surface area (TPSA) is 85.5 Å². The van der Waals surface area contributed by atoms with Crippen LogP contribution in [0.25, 0.3) is 0 Å². The molecule has 11 heteroatoms. The largest absolute Gasteiger partial charge is 0.465 e. The summed E-state index contributed by atoms with van der Waals surface area (Å²) in [6.45, 7) is 0. The lowest BCUT2D eigenvalue weighted by Crippen LogP contribution is -2.32. The monoisotopic (exact) mass is 329 g/mol. The van der Waals surface area contributed by atoms with Gasteiger partial charge in [-0.05, 0) is 0 Å². The van der Waals surface area contributed by atoms with Gasteiger partial charge in [0.25, 0.3) is 6.43 Å². The van der Waals surface area contributed by atoms with Gasteiger partial charge in [-0.25, -0.2) is 18.4 Å². The number of nitrogens with one attached hydrogen (secondary N) is 1. The van der Waals surface area contributed by atoms with Crippen molar-refractivity contribution in [1.29, 1.82) is 0 Å². The molecule has 122 valence electrons. The van der Waals surface area contributed by atoms with Crippen LogP contribution >= 0.6 is 0 Å². The number of ether oxygens (including phenoxy) is 2. The van der Waals surface area contributed by atoms with Gasteiger partial charge in [-0.15, -0.1) is 0 Å². The van der Waals surface area contributed by atoms with E-state index in [1.54, 1.807) is 0 Å². The fraction of sp³-hybridized carbons (Fsp3) is 0.364. The highest BCUT2D eigenvalue weighted by Gasteiger charge is 2.42. The van der Waals surface area contributed by atoms with Crippen molar-refractivity contribution in [3.05, 3.63) is 32.7 Å². The Kier molecular flexibility index (Phi) is 4.89. The molecule has 0 saturated heterocycles. The van der Waals surface area contributed by atoms with E-state index in [4.69, 9.17) is 0 Å². The Morgan fingerprint density at radius 3 is 1.86 bits per heavy atom. The summed E-state index contributed by atoms with van der Waals surface area (Å²) in [5.74, 6) is -3.35. The quantitative estimate of drug-likeness (QED) is 0.676. The van der Waals surface area contributed by atoms with E-state index in [-0.39, 0.29) is 0 Å². The summed E-state index contributed by atoms with van der Waals surface area (Å²) < 4.78 is 72.3. The molecule has 1 aromatic rings. The number of hydrogen-bond donors (Lipinski definition) is 1. The number of pyridine rings is 1. The second-order valence-electron chi connectivity index (χ2n) is 3.77. The summed E-state index contributed by atoms with van der Waals surface area (Å²) in [7, 11) is 1.41. The van der Waals surface area contributed by atoms with Gasteiger partial charge < -0.3 is 14.5 Å². The molecule has 22 heavy (non-hydrogen) atoms. The number of aromatic nitrogens is 1. The number of carbonyl (C=O) groups excluding carboxylic acids is 2. The molecule has 6 nitrogen and oxygen atoms in total. The molecular weight excluding hydrogens is 321 g/mol. The summed E-state index contributed by atoms with van der Waals surface area (Å²) >= 11 is 0. The minimum Gasteiger partial charge on any atom is -0.465 e. The Hall–Kier alpha value is -2.46. The zero-order chi connectivity index (χ0) is 17.2. The van der Waals surface area contributed by atoms with Crippen LogP contribution in [0.5, 0.6) is 0 Å². The SMILES string of the molecule is COC(=O)c1c(C(F)F)[nH]c(C(F)(F)F)c(C(=O)OC)c1=O. The summed E-state index contributed by atoms with van der Waals surface area (Å²) in [6, 6.07) is 0. The number of aromatic amines is 1. The highest BCUT2D eigenvalue weighted by molar-refractivity contribution is 5.96. The van der Waals surface area contributed by atoms with Crippen molar-refractivity contribution in [3.63, 3.8) is 0 Å². The first-order chi connectivity index (χ1) is 10.1. The zero-order valence-electron chi connectivity index (χ0n) is 11.0. The van der Waals surface area contributed by atoms with Gasteiger partial charge in [0.15, 0.2) is 0 Å². The standard InChI is InChI=1S/C11H8F5NO5/c1-21-9(19)3-5(8(12)13)17-7(11(14,15)16)4(6(3)18)10(20)22-2/h8H,1-2H3,(H,17,18). The lowest BCUT2D eigenvalue weighted by atomic mass is 10.1. The molecule has 0 fully saturated rings. The van der Waals surface area contributed by atoms with Gasteiger partial charge in [0.1, 0.15) is 22.5 Å². The van der Waals surface area contributed by atoms with Gasteiger partial charge in [-0.1, -0.05) is 0 Å². The number of H-pyrrole nitrogens is 1. The summed E-state index contributed by atoms with van der Waals surface area (Å²) in [5.41, 5.74) is -8.50. The Balaban J connectivity index is 3.94. The van der Waals surface area contributed by atoms with Crippen LogP contribution in [0.15, 0.2) is 4.79 Å². The number of carbonyl (C=O) groups is 2. The van der Waals surface area contributed by atoms with E-state index < -0.39 is 52.5 Å². The average molecular weight is 329 g/mol. The summed E-state index contributed by atoms with van der Waals surface area (Å²) in [6.07, 6.45) is -8.95. The maximum Gasteiger partial charge on any atom is 0.432 e. The van der Waals surface area contributed by atoms with Crippen LogP contribution in [0.1, 0.15) is 38.5 Å². The summed E-state index contributed by atoms with van der Waals surface area (Å²) in [4.78, 5) is 35.9. The number of esters is 2. The predicted molar refractivity (Wildman–Crippen MR) is 59.7 cm³/mol. The van der Waals surface area contributed by atoms with E-state index in [9.17, 15) is 36.3 Å². The maximum absolute atomic E-state index is 12.8. The molecule has 0 aliphatic rings. The Bertz CT molecular complexity index is 664. The Morgan fingerprint density at radius 2 is 1.50 bits per heavy atom. The maximum atomic E-state index is 12.8. The van der Waals surface area contributed by atoms with Crippen molar-refractivity contribution in [2.75, 3.05) is 14.2 Å². The van der Waals surface area contributed by atoms with Gasteiger partial charge in [-0.2, -0.15) is 13.2 Å². The number of rotatable bonds is 3. The highest BCUT2D eigenvalue weighted by atomic mass is 19.4. The van der Waals surface area contributed by atoms with Crippen LogP contribution in [0.4, 0.5) is 22.0 Å². The minimum atomic E-state index is -5.33. The fourth-order valence-corrected chi connectivity index (χ4v) is 1.60. The van der Waals surface area contributed by atoms with Crippen LogP contribution in [0.3, 0.4) is 0 Å². The van der Waals surface area contributed by atoms with Gasteiger partial charge >= 0.3 is 18.1 Å².